The molecule has 0 aromatic heterocycles. The molecule has 1 heterocycles. The van der Waals surface area contributed by atoms with E-state index in [9.17, 15) is 9.90 Å². The number of benzene rings is 2. The summed E-state index contributed by atoms with van der Waals surface area (Å²) in [6, 6.07) is 16.0. The van der Waals surface area contributed by atoms with Gasteiger partial charge in [-0.2, -0.15) is 0 Å². The molecule has 3 rings (SSSR count). The van der Waals surface area contributed by atoms with Crippen molar-refractivity contribution < 1.29 is 9.90 Å². The molecule has 1 N–H and O–H groups in total. The number of hydrogen-bond acceptors (Lipinski definition) is 2. The van der Waals surface area contributed by atoms with Gasteiger partial charge in [-0.05, 0) is 61.5 Å². The van der Waals surface area contributed by atoms with Crippen LogP contribution in [0.5, 0.6) is 0 Å². The molecule has 1 aliphatic rings. The maximum Gasteiger partial charge on any atom is 0.335 e. The van der Waals surface area contributed by atoms with Gasteiger partial charge in [-0.3, -0.25) is 4.90 Å². The van der Waals surface area contributed by atoms with Crippen LogP contribution in [0.25, 0.3) is 0 Å². The van der Waals surface area contributed by atoms with E-state index in [0.29, 0.717) is 11.5 Å². The Kier molecular flexibility index (Phi) is 6.41. The van der Waals surface area contributed by atoms with Gasteiger partial charge in [0.25, 0.3) is 0 Å². The summed E-state index contributed by atoms with van der Waals surface area (Å²) in [6.07, 6.45) is 2.05. The Labute approximate surface area is 149 Å². The molecule has 128 valence electrons. The number of likely N-dealkylation sites (tertiary alicyclic amines) is 1. The van der Waals surface area contributed by atoms with Crippen molar-refractivity contribution in [1.82, 2.24) is 4.90 Å². The van der Waals surface area contributed by atoms with Crippen LogP contribution in [0.2, 0.25) is 0 Å². The highest BCUT2D eigenvalue weighted by molar-refractivity contribution is 5.89. The van der Waals surface area contributed by atoms with E-state index < -0.39 is 5.97 Å². The average Bonchev–Trinajstić information content (AvgIpc) is 2.58. The van der Waals surface area contributed by atoms with Gasteiger partial charge in [0.1, 0.15) is 0 Å². The zero-order valence-electron chi connectivity index (χ0n) is 13.9. The molecule has 2 aromatic rings. The van der Waals surface area contributed by atoms with Crippen molar-refractivity contribution >= 4 is 18.4 Å². The first kappa shape index (κ1) is 18.5. The monoisotopic (exact) mass is 345 g/mol. The summed E-state index contributed by atoms with van der Waals surface area (Å²) in [4.78, 5) is 13.9. The van der Waals surface area contributed by atoms with Crippen molar-refractivity contribution in [2.45, 2.75) is 32.2 Å². The molecule has 1 fully saturated rings. The topological polar surface area (TPSA) is 40.5 Å². The van der Waals surface area contributed by atoms with Crippen LogP contribution in [0.15, 0.2) is 48.5 Å². The SMILES string of the molecule is Cc1ccccc1CN1CCC(c2ccccc2C(=O)O)CC1.Cl. The van der Waals surface area contributed by atoms with Crippen LogP contribution in [0, 0.1) is 6.92 Å². The number of carboxylic acid groups (broad SMARTS) is 1. The Morgan fingerprint density at radius 1 is 1.08 bits per heavy atom. The maximum atomic E-state index is 11.4. The summed E-state index contributed by atoms with van der Waals surface area (Å²) in [6.45, 7) is 5.19. The fourth-order valence-corrected chi connectivity index (χ4v) is 3.48. The van der Waals surface area contributed by atoms with Gasteiger partial charge in [0.2, 0.25) is 0 Å². The number of carbonyl (C=O) groups is 1. The van der Waals surface area contributed by atoms with Crippen LogP contribution in [-0.2, 0) is 6.54 Å². The van der Waals surface area contributed by atoms with Gasteiger partial charge >= 0.3 is 5.97 Å². The molecule has 0 amide bonds. The molecule has 0 bridgehead atoms. The highest BCUT2D eigenvalue weighted by atomic mass is 35.5. The molecule has 0 unspecified atom stereocenters. The Balaban J connectivity index is 0.00000208. The number of halogens is 1. The lowest BCUT2D eigenvalue weighted by atomic mass is 9.86. The third-order valence-corrected chi connectivity index (χ3v) is 4.87. The normalized spacial score (nSPS) is 15.7. The predicted molar refractivity (Wildman–Crippen MR) is 99.1 cm³/mol. The lowest BCUT2D eigenvalue weighted by Gasteiger charge is -2.33. The fraction of sp³-hybridized carbons (Fsp3) is 0.350. The molecular formula is C20H24ClNO2. The molecule has 1 saturated heterocycles. The lowest BCUT2D eigenvalue weighted by Crippen LogP contribution is -2.33. The molecule has 0 spiro atoms. The molecule has 1 aliphatic heterocycles. The van der Waals surface area contributed by atoms with E-state index in [1.807, 2.05) is 12.1 Å². The van der Waals surface area contributed by atoms with E-state index in [1.165, 1.54) is 11.1 Å². The van der Waals surface area contributed by atoms with Gasteiger partial charge in [-0.15, -0.1) is 12.4 Å². The van der Waals surface area contributed by atoms with Crippen LogP contribution >= 0.6 is 12.4 Å². The van der Waals surface area contributed by atoms with Crippen molar-refractivity contribution in [2.75, 3.05) is 13.1 Å². The Hall–Kier alpha value is -1.84. The number of hydrogen-bond donors (Lipinski definition) is 1. The largest absolute Gasteiger partial charge is 0.478 e. The number of rotatable bonds is 4. The Bertz CT molecular complexity index is 694. The van der Waals surface area contributed by atoms with E-state index in [1.54, 1.807) is 12.1 Å². The number of piperidine rings is 1. The highest BCUT2D eigenvalue weighted by Gasteiger charge is 2.24. The molecule has 0 saturated carbocycles. The van der Waals surface area contributed by atoms with E-state index in [2.05, 4.69) is 36.1 Å². The number of nitrogens with zero attached hydrogens (tertiary/aromatic N) is 1. The van der Waals surface area contributed by atoms with Gasteiger partial charge in [0.15, 0.2) is 0 Å². The molecule has 0 aliphatic carbocycles. The summed E-state index contributed by atoms with van der Waals surface area (Å²) in [5.74, 6) is -0.460. The van der Waals surface area contributed by atoms with Crippen LogP contribution in [0.3, 0.4) is 0 Å². The lowest BCUT2D eigenvalue weighted by molar-refractivity contribution is 0.0694. The molecule has 4 heteroatoms. The van der Waals surface area contributed by atoms with Crippen molar-refractivity contribution in [3.05, 3.63) is 70.8 Å². The Morgan fingerprint density at radius 3 is 2.38 bits per heavy atom. The summed E-state index contributed by atoms with van der Waals surface area (Å²) in [5, 5.41) is 9.36. The molecule has 24 heavy (non-hydrogen) atoms. The molecule has 3 nitrogen and oxygen atoms in total. The van der Waals surface area contributed by atoms with Gasteiger partial charge in [-0.25, -0.2) is 4.79 Å². The Morgan fingerprint density at radius 2 is 1.71 bits per heavy atom. The summed E-state index contributed by atoms with van der Waals surface area (Å²) in [7, 11) is 0. The molecule has 0 radical (unpaired) electrons. The zero-order valence-corrected chi connectivity index (χ0v) is 14.8. The second-order valence-corrected chi connectivity index (χ2v) is 6.37. The number of carboxylic acids is 1. The van der Waals surface area contributed by atoms with Gasteiger partial charge in [-0.1, -0.05) is 42.5 Å². The third-order valence-electron chi connectivity index (χ3n) is 4.87. The minimum Gasteiger partial charge on any atom is -0.478 e. The smallest absolute Gasteiger partial charge is 0.335 e. The fourth-order valence-electron chi connectivity index (χ4n) is 3.48. The van der Waals surface area contributed by atoms with Crippen LogP contribution in [-0.4, -0.2) is 29.1 Å². The third kappa shape index (κ3) is 4.16. The van der Waals surface area contributed by atoms with Crippen LogP contribution < -0.4 is 0 Å². The second kappa shape index (κ2) is 8.32. The van der Waals surface area contributed by atoms with Crippen LogP contribution in [0.1, 0.15) is 45.8 Å². The summed E-state index contributed by atoms with van der Waals surface area (Å²) < 4.78 is 0. The zero-order chi connectivity index (χ0) is 16.2. The minimum absolute atomic E-state index is 0. The van der Waals surface area contributed by atoms with Crippen LogP contribution in [0.4, 0.5) is 0 Å². The van der Waals surface area contributed by atoms with Crippen molar-refractivity contribution in [2.24, 2.45) is 0 Å². The average molecular weight is 346 g/mol. The minimum atomic E-state index is -0.817. The first-order valence-corrected chi connectivity index (χ1v) is 8.24. The standard InChI is InChI=1S/C20H23NO2.ClH/c1-15-6-2-3-7-17(15)14-21-12-10-16(11-13-21)18-8-4-5-9-19(18)20(22)23;/h2-9,16H,10-14H2,1H3,(H,22,23);1H. The van der Waals surface area contributed by atoms with Gasteiger partial charge in [0.05, 0.1) is 5.56 Å². The highest BCUT2D eigenvalue weighted by Crippen LogP contribution is 2.31. The van der Waals surface area contributed by atoms with E-state index in [4.69, 9.17) is 0 Å². The summed E-state index contributed by atoms with van der Waals surface area (Å²) in [5.41, 5.74) is 4.18. The van der Waals surface area contributed by atoms with Gasteiger partial charge < -0.3 is 5.11 Å². The van der Waals surface area contributed by atoms with E-state index in [0.717, 1.165) is 38.0 Å². The number of aryl methyl sites for hydroxylation is 1. The molecule has 0 atom stereocenters. The second-order valence-electron chi connectivity index (χ2n) is 6.37. The van der Waals surface area contributed by atoms with E-state index >= 15 is 0 Å². The van der Waals surface area contributed by atoms with Crippen molar-refractivity contribution in [1.29, 1.82) is 0 Å². The quantitative estimate of drug-likeness (QED) is 0.887. The first-order valence-electron chi connectivity index (χ1n) is 8.24. The molecule has 2 aromatic carbocycles. The summed E-state index contributed by atoms with van der Waals surface area (Å²) >= 11 is 0. The predicted octanol–water partition coefficient (Wildman–Crippen LogP) is 4.49. The van der Waals surface area contributed by atoms with Gasteiger partial charge in [0, 0.05) is 6.54 Å². The van der Waals surface area contributed by atoms with Crippen molar-refractivity contribution in [3.8, 4) is 0 Å². The maximum absolute atomic E-state index is 11.4. The number of aromatic carboxylic acids is 1. The van der Waals surface area contributed by atoms with E-state index in [-0.39, 0.29) is 12.4 Å². The molecular weight excluding hydrogens is 322 g/mol. The van der Waals surface area contributed by atoms with Crippen molar-refractivity contribution in [3.63, 3.8) is 0 Å². The first-order chi connectivity index (χ1) is 11.1.